The van der Waals surface area contributed by atoms with Gasteiger partial charge in [0.15, 0.2) is 5.69 Å². The van der Waals surface area contributed by atoms with Gasteiger partial charge >= 0.3 is 0 Å². The summed E-state index contributed by atoms with van der Waals surface area (Å²) in [4.78, 5) is 3.67. The number of nitrogens with zero attached hydrogens (tertiary/aromatic N) is 5. The summed E-state index contributed by atoms with van der Waals surface area (Å²) in [5.74, 6) is 0. The lowest BCUT2D eigenvalue weighted by Crippen LogP contribution is -1.98. The van der Waals surface area contributed by atoms with Gasteiger partial charge < -0.3 is 9.13 Å². The molecule has 5 nitrogen and oxygen atoms in total. The monoisotopic (exact) mass is 635 g/mol. The van der Waals surface area contributed by atoms with E-state index in [9.17, 15) is 10.5 Å². The molecule has 0 amide bonds. The topological polar surface area (TPSA) is 61.8 Å². The fourth-order valence-electron chi connectivity index (χ4n) is 7.33. The van der Waals surface area contributed by atoms with E-state index < -0.39 is 0 Å². The molecule has 0 N–H and O–H groups in total. The zero-order valence-electron chi connectivity index (χ0n) is 26.7. The lowest BCUT2D eigenvalue weighted by atomic mass is 9.96. The van der Waals surface area contributed by atoms with Gasteiger partial charge in [-0.05, 0) is 101 Å². The minimum atomic E-state index is 0.537. The van der Waals surface area contributed by atoms with Crippen LogP contribution in [0.5, 0.6) is 0 Å². The van der Waals surface area contributed by atoms with Gasteiger partial charge in [-0.15, -0.1) is 0 Å². The molecular weight excluding hydrogens is 611 g/mol. The molecule has 9 aromatic rings. The van der Waals surface area contributed by atoms with Gasteiger partial charge in [-0.1, -0.05) is 72.8 Å². The van der Waals surface area contributed by atoms with Crippen molar-refractivity contribution in [2.45, 2.75) is 0 Å². The number of hydrogen-bond donors (Lipinski definition) is 0. The first-order valence-electron chi connectivity index (χ1n) is 16.2. The van der Waals surface area contributed by atoms with Crippen molar-refractivity contribution in [3.8, 4) is 45.8 Å². The Morgan fingerprint density at radius 2 is 1.04 bits per heavy atom. The summed E-state index contributed by atoms with van der Waals surface area (Å²) in [7, 11) is 0. The third-order valence-electron chi connectivity index (χ3n) is 9.56. The molecule has 0 radical (unpaired) electrons. The number of nitriles is 2. The fraction of sp³-hybridized carbons (Fsp3) is 0. The Hall–Kier alpha value is -7.39. The summed E-state index contributed by atoms with van der Waals surface area (Å²) < 4.78 is 4.50. The molecule has 230 valence electrons. The van der Waals surface area contributed by atoms with Crippen molar-refractivity contribution in [2.24, 2.45) is 0 Å². The Balaban J connectivity index is 1.23. The van der Waals surface area contributed by atoms with E-state index in [1.807, 2.05) is 54.6 Å². The van der Waals surface area contributed by atoms with Crippen molar-refractivity contribution in [3.05, 3.63) is 174 Å². The molecule has 9 rings (SSSR count). The lowest BCUT2D eigenvalue weighted by Gasteiger charge is -2.16. The number of aromatic nitrogens is 2. The van der Waals surface area contributed by atoms with Crippen LogP contribution in [0.15, 0.2) is 152 Å². The van der Waals surface area contributed by atoms with Crippen molar-refractivity contribution in [2.75, 3.05) is 0 Å². The first-order valence-corrected chi connectivity index (χ1v) is 16.2. The van der Waals surface area contributed by atoms with Crippen LogP contribution in [0.3, 0.4) is 0 Å². The van der Waals surface area contributed by atoms with Crippen LogP contribution in [0.4, 0.5) is 5.69 Å². The SMILES string of the molecule is [C-]#[N+]c1ccc2c(c1)c1cc(C#N)ccc1n2-c1ccc(C#N)cc1-c1cccc(-c2cccc(-n3c4ccccc4c4ccccc43)c2)c1. The van der Waals surface area contributed by atoms with E-state index in [1.165, 1.54) is 10.8 Å². The minimum absolute atomic E-state index is 0.537. The van der Waals surface area contributed by atoms with E-state index in [0.717, 1.165) is 66.5 Å². The molecule has 50 heavy (non-hydrogen) atoms. The second kappa shape index (κ2) is 11.4. The highest BCUT2D eigenvalue weighted by Crippen LogP contribution is 2.40. The summed E-state index contributed by atoms with van der Waals surface area (Å²) in [5.41, 5.74) is 11.8. The van der Waals surface area contributed by atoms with Crippen LogP contribution in [0, 0.1) is 29.2 Å². The van der Waals surface area contributed by atoms with Crippen LogP contribution < -0.4 is 0 Å². The third kappa shape index (κ3) is 4.45. The zero-order chi connectivity index (χ0) is 33.8. The van der Waals surface area contributed by atoms with Crippen LogP contribution in [-0.2, 0) is 0 Å². The molecule has 0 unspecified atom stereocenters. The van der Waals surface area contributed by atoms with Gasteiger partial charge in [0, 0.05) is 27.4 Å². The summed E-state index contributed by atoms with van der Waals surface area (Å²) in [6.45, 7) is 7.62. The Labute approximate surface area is 288 Å². The molecule has 0 aliphatic heterocycles. The van der Waals surface area contributed by atoms with Crippen molar-refractivity contribution in [1.82, 2.24) is 9.13 Å². The van der Waals surface area contributed by atoms with Crippen LogP contribution in [0.2, 0.25) is 0 Å². The first kappa shape index (κ1) is 28.8. The van der Waals surface area contributed by atoms with Gasteiger partial charge in [0.25, 0.3) is 0 Å². The number of fused-ring (bicyclic) bond motifs is 6. The van der Waals surface area contributed by atoms with Gasteiger partial charge in [0.05, 0.1) is 57.6 Å². The number of hydrogen-bond acceptors (Lipinski definition) is 2. The third-order valence-corrected chi connectivity index (χ3v) is 9.56. The van der Waals surface area contributed by atoms with Crippen LogP contribution in [0.25, 0.3) is 82.1 Å². The Bertz CT molecular complexity index is 2850. The molecule has 0 fully saturated rings. The van der Waals surface area contributed by atoms with Crippen molar-refractivity contribution in [3.63, 3.8) is 0 Å². The summed E-state index contributed by atoms with van der Waals surface area (Å²) >= 11 is 0. The normalized spacial score (nSPS) is 11.1. The Kier molecular flexibility index (Phi) is 6.56. The van der Waals surface area contributed by atoms with Crippen molar-refractivity contribution in [1.29, 1.82) is 10.5 Å². The standard InChI is InChI=1S/C45H25N5/c1-48-34-18-21-45-40(26-34)39-23-30(28-47)17-20-44(39)50(45)43-19-16-29(27-46)22-38(43)33-10-6-8-31(24-33)32-9-7-11-35(25-32)49-41-14-4-2-12-36(41)37-13-3-5-15-42(37)49/h2-26H. The maximum atomic E-state index is 9.98. The van der Waals surface area contributed by atoms with Crippen LogP contribution in [0.1, 0.15) is 11.1 Å². The number of rotatable bonds is 4. The molecule has 0 aliphatic rings. The van der Waals surface area contributed by atoms with Gasteiger partial charge in [-0.25, -0.2) is 4.85 Å². The average Bonchev–Trinajstić information content (AvgIpc) is 3.69. The van der Waals surface area contributed by atoms with E-state index in [4.69, 9.17) is 6.57 Å². The quantitative estimate of drug-likeness (QED) is 0.181. The highest BCUT2D eigenvalue weighted by atomic mass is 15.0. The number of benzene rings is 7. The highest BCUT2D eigenvalue weighted by molar-refractivity contribution is 6.11. The van der Waals surface area contributed by atoms with Gasteiger partial charge in [-0.2, -0.15) is 10.5 Å². The molecule has 0 bridgehead atoms. The molecule has 0 spiro atoms. The Morgan fingerprint density at radius 3 is 1.76 bits per heavy atom. The maximum absolute atomic E-state index is 9.98. The minimum Gasteiger partial charge on any atom is -0.309 e. The molecule has 0 atom stereocenters. The number of para-hydroxylation sites is 2. The lowest BCUT2D eigenvalue weighted by molar-refractivity contribution is 1.18. The molecule has 5 heteroatoms. The first-order chi connectivity index (χ1) is 24.6. The molecule has 0 saturated heterocycles. The molecule has 0 aliphatic carbocycles. The second-order valence-corrected chi connectivity index (χ2v) is 12.3. The maximum Gasteiger partial charge on any atom is 0.188 e. The van der Waals surface area contributed by atoms with E-state index in [2.05, 4.69) is 123 Å². The second-order valence-electron chi connectivity index (χ2n) is 12.3. The highest BCUT2D eigenvalue weighted by Gasteiger charge is 2.18. The zero-order valence-corrected chi connectivity index (χ0v) is 26.7. The average molecular weight is 636 g/mol. The van der Waals surface area contributed by atoms with Crippen LogP contribution >= 0.6 is 0 Å². The summed E-state index contributed by atoms with van der Waals surface area (Å²) in [5, 5.41) is 23.9. The van der Waals surface area contributed by atoms with Gasteiger partial charge in [0.2, 0.25) is 0 Å². The molecule has 2 aromatic heterocycles. The fourth-order valence-corrected chi connectivity index (χ4v) is 7.33. The van der Waals surface area contributed by atoms with Crippen LogP contribution in [-0.4, -0.2) is 9.13 Å². The largest absolute Gasteiger partial charge is 0.309 e. The van der Waals surface area contributed by atoms with E-state index in [0.29, 0.717) is 16.8 Å². The molecule has 2 heterocycles. The van der Waals surface area contributed by atoms with Crippen molar-refractivity contribution < 1.29 is 0 Å². The van der Waals surface area contributed by atoms with E-state index in [1.54, 1.807) is 0 Å². The molecule has 7 aromatic carbocycles. The molecular formula is C45H25N5. The predicted octanol–water partition coefficient (Wildman–Crippen LogP) is 11.5. The van der Waals surface area contributed by atoms with Gasteiger partial charge in [0.1, 0.15) is 0 Å². The smallest absolute Gasteiger partial charge is 0.188 e. The van der Waals surface area contributed by atoms with Gasteiger partial charge in [-0.3, -0.25) is 0 Å². The predicted molar refractivity (Wildman–Crippen MR) is 202 cm³/mol. The molecule has 0 saturated carbocycles. The van der Waals surface area contributed by atoms with Crippen molar-refractivity contribution >= 4 is 49.3 Å². The van der Waals surface area contributed by atoms with E-state index in [-0.39, 0.29) is 0 Å². The van der Waals surface area contributed by atoms with E-state index >= 15 is 0 Å². The Morgan fingerprint density at radius 1 is 0.460 bits per heavy atom. The summed E-state index contributed by atoms with van der Waals surface area (Å²) in [6.07, 6.45) is 0. The summed E-state index contributed by atoms with van der Waals surface area (Å²) in [6, 6.07) is 55.8.